The van der Waals surface area contributed by atoms with Crippen LogP contribution in [0.2, 0.25) is 0 Å². The molecule has 17 heavy (non-hydrogen) atoms. The van der Waals surface area contributed by atoms with E-state index in [9.17, 15) is 0 Å². The fourth-order valence-electron chi connectivity index (χ4n) is 2.13. The molecule has 0 unspecified atom stereocenters. The number of fused-ring (bicyclic) bond motifs is 1. The van der Waals surface area contributed by atoms with Crippen molar-refractivity contribution in [1.82, 2.24) is 0 Å². The summed E-state index contributed by atoms with van der Waals surface area (Å²) in [5, 5.41) is 0. The molecule has 0 spiro atoms. The van der Waals surface area contributed by atoms with Crippen LogP contribution in [0.25, 0.3) is 0 Å². The van der Waals surface area contributed by atoms with Crippen LogP contribution < -0.4 is 4.90 Å². The van der Waals surface area contributed by atoms with Gasteiger partial charge >= 0.3 is 0 Å². The number of nitrogens with zero attached hydrogens (tertiary/aromatic N) is 2. The summed E-state index contributed by atoms with van der Waals surface area (Å²) in [6.45, 7) is 1.82. The largest absolute Gasteiger partial charge is 0.360 e. The van der Waals surface area contributed by atoms with Crippen LogP contribution in [-0.2, 0) is 6.54 Å². The van der Waals surface area contributed by atoms with Gasteiger partial charge in [-0.3, -0.25) is 4.99 Å². The third-order valence-electron chi connectivity index (χ3n) is 2.97. The van der Waals surface area contributed by atoms with Gasteiger partial charge in [0.25, 0.3) is 0 Å². The second kappa shape index (κ2) is 4.42. The predicted molar refractivity (Wildman–Crippen MR) is 72.1 cm³/mol. The minimum Gasteiger partial charge on any atom is -0.360 e. The summed E-state index contributed by atoms with van der Waals surface area (Å²) in [4.78, 5) is 6.76. The van der Waals surface area contributed by atoms with E-state index in [0.29, 0.717) is 0 Å². The van der Waals surface area contributed by atoms with Gasteiger partial charge in [-0.15, -0.1) is 0 Å². The zero-order valence-electron chi connectivity index (χ0n) is 9.58. The van der Waals surface area contributed by atoms with Crippen molar-refractivity contribution in [2.24, 2.45) is 4.99 Å². The molecule has 0 fully saturated rings. The number of aliphatic imine (C=N–C) groups is 1. The Balaban J connectivity index is 1.88. The molecule has 0 radical (unpaired) electrons. The van der Waals surface area contributed by atoms with Gasteiger partial charge in [-0.2, -0.15) is 0 Å². The Morgan fingerprint density at radius 1 is 0.941 bits per heavy atom. The summed E-state index contributed by atoms with van der Waals surface area (Å²) in [5.74, 6) is 0. The first-order valence-electron chi connectivity index (χ1n) is 5.84. The number of para-hydroxylation sites is 2. The summed E-state index contributed by atoms with van der Waals surface area (Å²) in [5.41, 5.74) is 3.62. The molecule has 3 rings (SSSR count). The number of benzene rings is 2. The van der Waals surface area contributed by atoms with Crippen molar-refractivity contribution in [1.29, 1.82) is 0 Å². The van der Waals surface area contributed by atoms with E-state index >= 15 is 0 Å². The SMILES string of the molecule is C1=Nc2ccccc2N(Cc2ccccc2)C1. The first kappa shape index (κ1) is 10.1. The molecular formula is C15H14N2. The second-order valence-electron chi connectivity index (χ2n) is 4.17. The van der Waals surface area contributed by atoms with Gasteiger partial charge in [-0.1, -0.05) is 42.5 Å². The predicted octanol–water partition coefficient (Wildman–Crippen LogP) is 3.41. The molecule has 0 amide bonds. The smallest absolute Gasteiger partial charge is 0.0860 e. The lowest BCUT2D eigenvalue weighted by molar-refractivity contribution is 0.881. The maximum Gasteiger partial charge on any atom is 0.0860 e. The van der Waals surface area contributed by atoms with Gasteiger partial charge in [-0.25, -0.2) is 0 Å². The lowest BCUT2D eigenvalue weighted by Gasteiger charge is -2.27. The topological polar surface area (TPSA) is 15.6 Å². The molecule has 0 aromatic heterocycles. The second-order valence-corrected chi connectivity index (χ2v) is 4.17. The zero-order chi connectivity index (χ0) is 11.5. The highest BCUT2D eigenvalue weighted by atomic mass is 15.2. The molecule has 84 valence electrons. The summed E-state index contributed by atoms with van der Waals surface area (Å²) < 4.78 is 0. The minimum atomic E-state index is 0.881. The molecule has 1 heterocycles. The van der Waals surface area contributed by atoms with Crippen LogP contribution in [0.15, 0.2) is 59.6 Å². The van der Waals surface area contributed by atoms with Crippen molar-refractivity contribution < 1.29 is 0 Å². The van der Waals surface area contributed by atoms with Crippen LogP contribution in [0.5, 0.6) is 0 Å². The highest BCUT2D eigenvalue weighted by molar-refractivity contribution is 5.81. The van der Waals surface area contributed by atoms with E-state index in [1.807, 2.05) is 12.3 Å². The van der Waals surface area contributed by atoms with Crippen molar-refractivity contribution in [3.8, 4) is 0 Å². The van der Waals surface area contributed by atoms with Crippen LogP contribution in [0, 0.1) is 0 Å². The Morgan fingerprint density at radius 3 is 2.59 bits per heavy atom. The third-order valence-corrected chi connectivity index (χ3v) is 2.97. The van der Waals surface area contributed by atoms with E-state index < -0.39 is 0 Å². The van der Waals surface area contributed by atoms with Crippen molar-refractivity contribution in [3.05, 3.63) is 60.2 Å². The number of hydrogen-bond donors (Lipinski definition) is 0. The summed E-state index contributed by atoms with van der Waals surface area (Å²) in [6.07, 6.45) is 1.98. The van der Waals surface area contributed by atoms with Gasteiger partial charge in [0.05, 0.1) is 17.9 Å². The molecule has 2 aromatic rings. The molecule has 0 atom stereocenters. The zero-order valence-corrected chi connectivity index (χ0v) is 9.58. The molecular weight excluding hydrogens is 208 g/mol. The summed E-state index contributed by atoms with van der Waals surface area (Å²) in [6, 6.07) is 18.8. The molecule has 2 heteroatoms. The normalized spacial score (nSPS) is 13.5. The first-order valence-corrected chi connectivity index (χ1v) is 5.84. The van der Waals surface area contributed by atoms with E-state index in [-0.39, 0.29) is 0 Å². The fourth-order valence-corrected chi connectivity index (χ4v) is 2.13. The highest BCUT2D eigenvalue weighted by Crippen LogP contribution is 2.31. The Kier molecular flexibility index (Phi) is 2.62. The number of hydrogen-bond acceptors (Lipinski definition) is 2. The Labute approximate surface area is 101 Å². The molecule has 0 saturated heterocycles. The molecule has 1 aliphatic rings. The standard InChI is InChI=1S/C15H14N2/c1-2-6-13(7-3-1)12-17-11-10-16-14-8-4-5-9-15(14)17/h1-10H,11-12H2. The van der Waals surface area contributed by atoms with Crippen LogP contribution in [-0.4, -0.2) is 12.8 Å². The van der Waals surface area contributed by atoms with Crippen molar-refractivity contribution >= 4 is 17.6 Å². The average Bonchev–Trinajstić information content (AvgIpc) is 2.40. The van der Waals surface area contributed by atoms with Crippen LogP contribution >= 0.6 is 0 Å². The van der Waals surface area contributed by atoms with Crippen molar-refractivity contribution in [2.75, 3.05) is 11.4 Å². The van der Waals surface area contributed by atoms with E-state index in [0.717, 1.165) is 18.8 Å². The van der Waals surface area contributed by atoms with Gasteiger partial charge in [0.1, 0.15) is 0 Å². The minimum absolute atomic E-state index is 0.881. The summed E-state index contributed by atoms with van der Waals surface area (Å²) in [7, 11) is 0. The molecule has 0 saturated carbocycles. The third kappa shape index (κ3) is 2.07. The molecule has 2 aromatic carbocycles. The lowest BCUT2D eigenvalue weighted by atomic mass is 10.1. The van der Waals surface area contributed by atoms with E-state index in [1.165, 1.54) is 11.3 Å². The van der Waals surface area contributed by atoms with Gasteiger partial charge in [-0.05, 0) is 17.7 Å². The Morgan fingerprint density at radius 2 is 1.71 bits per heavy atom. The van der Waals surface area contributed by atoms with Crippen molar-refractivity contribution in [3.63, 3.8) is 0 Å². The maximum atomic E-state index is 4.42. The average molecular weight is 222 g/mol. The van der Waals surface area contributed by atoms with Crippen LogP contribution in [0.3, 0.4) is 0 Å². The van der Waals surface area contributed by atoms with Crippen LogP contribution in [0.1, 0.15) is 5.56 Å². The summed E-state index contributed by atoms with van der Waals surface area (Å²) >= 11 is 0. The first-order chi connectivity index (χ1) is 8.43. The molecule has 1 aliphatic heterocycles. The quantitative estimate of drug-likeness (QED) is 0.760. The van der Waals surface area contributed by atoms with Gasteiger partial charge in [0.15, 0.2) is 0 Å². The molecule has 0 bridgehead atoms. The van der Waals surface area contributed by atoms with Gasteiger partial charge < -0.3 is 4.90 Å². The van der Waals surface area contributed by atoms with Gasteiger partial charge in [0, 0.05) is 12.8 Å². The fraction of sp³-hybridized carbons (Fsp3) is 0.133. The monoisotopic (exact) mass is 222 g/mol. The Hall–Kier alpha value is -2.09. The number of rotatable bonds is 2. The Bertz CT molecular complexity index is 532. The van der Waals surface area contributed by atoms with E-state index in [4.69, 9.17) is 0 Å². The van der Waals surface area contributed by atoms with E-state index in [1.54, 1.807) is 0 Å². The molecule has 0 aliphatic carbocycles. The highest BCUT2D eigenvalue weighted by Gasteiger charge is 2.13. The van der Waals surface area contributed by atoms with Crippen molar-refractivity contribution in [2.45, 2.75) is 6.54 Å². The van der Waals surface area contributed by atoms with Crippen LogP contribution in [0.4, 0.5) is 11.4 Å². The molecule has 0 N–H and O–H groups in total. The van der Waals surface area contributed by atoms with E-state index in [2.05, 4.69) is 58.4 Å². The molecule has 2 nitrogen and oxygen atoms in total. The maximum absolute atomic E-state index is 4.42. The van der Waals surface area contributed by atoms with Gasteiger partial charge in [0.2, 0.25) is 0 Å². The lowest BCUT2D eigenvalue weighted by Crippen LogP contribution is -2.26. The number of anilines is 1.